The maximum atomic E-state index is 12.8. The van der Waals surface area contributed by atoms with Gasteiger partial charge in [-0.2, -0.15) is 5.10 Å². The van der Waals surface area contributed by atoms with Crippen molar-refractivity contribution in [3.05, 3.63) is 53.3 Å². The van der Waals surface area contributed by atoms with Crippen LogP contribution in [0.1, 0.15) is 80.2 Å². The number of amides is 1. The highest BCUT2D eigenvalue weighted by Crippen LogP contribution is 2.54. The van der Waals surface area contributed by atoms with Crippen LogP contribution in [-0.2, 0) is 6.42 Å². The fourth-order valence-corrected chi connectivity index (χ4v) is 3.93. The summed E-state index contributed by atoms with van der Waals surface area (Å²) in [6, 6.07) is 10.0. The monoisotopic (exact) mass is 369 g/mol. The van der Waals surface area contributed by atoms with E-state index < -0.39 is 6.10 Å². The topological polar surface area (TPSA) is 67.2 Å². The van der Waals surface area contributed by atoms with Crippen LogP contribution in [0.2, 0.25) is 0 Å². The maximum absolute atomic E-state index is 12.8. The highest BCUT2D eigenvalue weighted by molar-refractivity contribution is 5.95. The van der Waals surface area contributed by atoms with E-state index in [-0.39, 0.29) is 11.3 Å². The summed E-state index contributed by atoms with van der Waals surface area (Å²) in [5.41, 5.74) is 2.33. The number of nitrogens with zero attached hydrogens (tertiary/aromatic N) is 2. The Bertz CT molecular complexity index is 761. The number of benzene rings is 1. The molecule has 5 nitrogen and oxygen atoms in total. The van der Waals surface area contributed by atoms with Crippen molar-refractivity contribution < 1.29 is 9.90 Å². The summed E-state index contributed by atoms with van der Waals surface area (Å²) >= 11 is 0. The van der Waals surface area contributed by atoms with Crippen molar-refractivity contribution in [3.8, 4) is 0 Å². The van der Waals surface area contributed by atoms with Crippen LogP contribution < -0.4 is 5.32 Å². The van der Waals surface area contributed by atoms with E-state index in [1.165, 1.54) is 0 Å². The number of rotatable bonds is 9. The fourth-order valence-electron chi connectivity index (χ4n) is 3.93. The Labute approximate surface area is 161 Å². The van der Waals surface area contributed by atoms with E-state index in [1.54, 1.807) is 6.20 Å². The SMILES string of the molecule is CCc1c(C(=O)NCC2([C@@H](O)c3ccccc3)CC2)cnn1C(CC)CC. The Morgan fingerprint density at radius 3 is 2.44 bits per heavy atom. The largest absolute Gasteiger partial charge is 0.388 e. The molecule has 1 saturated carbocycles. The van der Waals surface area contributed by atoms with E-state index in [0.717, 1.165) is 43.4 Å². The third-order valence-corrected chi connectivity index (χ3v) is 5.96. The zero-order valence-electron chi connectivity index (χ0n) is 16.6. The minimum Gasteiger partial charge on any atom is -0.388 e. The van der Waals surface area contributed by atoms with Crippen LogP contribution in [0.5, 0.6) is 0 Å². The van der Waals surface area contributed by atoms with Gasteiger partial charge in [-0.25, -0.2) is 0 Å². The van der Waals surface area contributed by atoms with Gasteiger partial charge in [0.25, 0.3) is 5.91 Å². The Balaban J connectivity index is 1.70. The lowest BCUT2D eigenvalue weighted by Crippen LogP contribution is -2.33. The summed E-state index contributed by atoms with van der Waals surface area (Å²) < 4.78 is 2.01. The molecule has 1 aromatic carbocycles. The van der Waals surface area contributed by atoms with Gasteiger partial charge in [-0.15, -0.1) is 0 Å². The van der Waals surface area contributed by atoms with Crippen LogP contribution in [0, 0.1) is 5.41 Å². The highest BCUT2D eigenvalue weighted by atomic mass is 16.3. The number of carbonyl (C=O) groups excluding carboxylic acids is 1. The van der Waals surface area contributed by atoms with Gasteiger partial charge in [0.05, 0.1) is 29.6 Å². The molecule has 0 bridgehead atoms. The Morgan fingerprint density at radius 2 is 1.89 bits per heavy atom. The van der Waals surface area contributed by atoms with Crippen LogP contribution in [-0.4, -0.2) is 27.3 Å². The Morgan fingerprint density at radius 1 is 1.22 bits per heavy atom. The number of aromatic nitrogens is 2. The Hall–Kier alpha value is -2.14. The molecule has 27 heavy (non-hydrogen) atoms. The number of hydrogen-bond donors (Lipinski definition) is 2. The Kier molecular flexibility index (Phi) is 6.00. The number of hydrogen-bond acceptors (Lipinski definition) is 3. The van der Waals surface area contributed by atoms with E-state index in [1.807, 2.05) is 35.0 Å². The molecule has 1 atom stereocenters. The first-order chi connectivity index (χ1) is 13.1. The number of nitrogens with one attached hydrogen (secondary N) is 1. The van der Waals surface area contributed by atoms with E-state index in [9.17, 15) is 9.90 Å². The quantitative estimate of drug-likeness (QED) is 0.701. The molecular formula is C22H31N3O2. The zero-order chi connectivity index (χ0) is 19.4. The standard InChI is InChI=1S/C22H31N3O2/c1-4-17(5-2)25-19(6-3)18(14-24-25)21(27)23-15-22(12-13-22)20(26)16-10-8-7-9-11-16/h7-11,14,17,20,26H,4-6,12-13,15H2,1-3H3,(H,23,27)/t20-/m0/s1. The molecule has 0 unspecified atom stereocenters. The average molecular weight is 370 g/mol. The van der Waals surface area contributed by atoms with Gasteiger partial charge in [-0.1, -0.05) is 51.1 Å². The lowest BCUT2D eigenvalue weighted by Gasteiger charge is -2.23. The molecule has 1 aromatic heterocycles. The summed E-state index contributed by atoms with van der Waals surface area (Å²) in [4.78, 5) is 12.8. The van der Waals surface area contributed by atoms with Crippen molar-refractivity contribution in [1.29, 1.82) is 0 Å². The van der Waals surface area contributed by atoms with Gasteiger partial charge in [0, 0.05) is 12.0 Å². The first kappa shape index (κ1) is 19.6. The van der Waals surface area contributed by atoms with Crippen molar-refractivity contribution in [1.82, 2.24) is 15.1 Å². The van der Waals surface area contributed by atoms with E-state index >= 15 is 0 Å². The van der Waals surface area contributed by atoms with Crippen LogP contribution in [0.3, 0.4) is 0 Å². The van der Waals surface area contributed by atoms with Gasteiger partial charge in [0.15, 0.2) is 0 Å². The van der Waals surface area contributed by atoms with Gasteiger partial charge < -0.3 is 10.4 Å². The summed E-state index contributed by atoms with van der Waals surface area (Å²) in [6.45, 7) is 6.85. The van der Waals surface area contributed by atoms with E-state index in [2.05, 4.69) is 31.2 Å². The molecule has 0 aliphatic heterocycles. The van der Waals surface area contributed by atoms with Crippen molar-refractivity contribution in [2.75, 3.05) is 6.54 Å². The highest BCUT2D eigenvalue weighted by Gasteiger charge is 2.49. The van der Waals surface area contributed by atoms with Gasteiger partial charge in [0.2, 0.25) is 0 Å². The third kappa shape index (κ3) is 3.93. The molecule has 3 rings (SSSR count). The molecule has 0 saturated heterocycles. The van der Waals surface area contributed by atoms with Gasteiger partial charge >= 0.3 is 0 Å². The van der Waals surface area contributed by atoms with Gasteiger partial charge in [-0.3, -0.25) is 9.48 Å². The summed E-state index contributed by atoms with van der Waals surface area (Å²) in [6.07, 6.45) is 5.78. The maximum Gasteiger partial charge on any atom is 0.254 e. The lowest BCUT2D eigenvalue weighted by molar-refractivity contribution is 0.0807. The van der Waals surface area contributed by atoms with Gasteiger partial charge in [-0.05, 0) is 37.7 Å². The zero-order valence-corrected chi connectivity index (χ0v) is 16.6. The first-order valence-electron chi connectivity index (χ1n) is 10.1. The molecule has 2 N–H and O–H groups in total. The predicted octanol–water partition coefficient (Wildman–Crippen LogP) is 4.05. The van der Waals surface area contributed by atoms with Crippen molar-refractivity contribution in [2.45, 2.75) is 65.0 Å². The summed E-state index contributed by atoms with van der Waals surface area (Å²) in [7, 11) is 0. The van der Waals surface area contributed by atoms with Crippen LogP contribution in [0.15, 0.2) is 36.5 Å². The summed E-state index contributed by atoms with van der Waals surface area (Å²) in [5, 5.41) is 18.3. The molecule has 1 amide bonds. The van der Waals surface area contributed by atoms with Crippen molar-refractivity contribution >= 4 is 5.91 Å². The third-order valence-electron chi connectivity index (χ3n) is 5.96. The molecule has 1 aliphatic rings. The molecule has 0 radical (unpaired) electrons. The average Bonchev–Trinajstić information content (AvgIpc) is 3.39. The minimum absolute atomic E-state index is 0.0874. The fraction of sp³-hybridized carbons (Fsp3) is 0.545. The number of aliphatic hydroxyl groups excluding tert-OH is 1. The predicted molar refractivity (Wildman–Crippen MR) is 107 cm³/mol. The van der Waals surface area contributed by atoms with Crippen LogP contribution in [0.4, 0.5) is 0 Å². The summed E-state index contributed by atoms with van der Waals surface area (Å²) in [5.74, 6) is -0.0874. The molecule has 5 heteroatoms. The molecule has 1 aliphatic carbocycles. The minimum atomic E-state index is -0.545. The first-order valence-corrected chi connectivity index (χ1v) is 10.1. The molecule has 2 aromatic rings. The number of carbonyl (C=O) groups is 1. The second-order valence-electron chi connectivity index (χ2n) is 7.63. The lowest BCUT2D eigenvalue weighted by atomic mass is 9.92. The van der Waals surface area contributed by atoms with Crippen molar-refractivity contribution in [2.24, 2.45) is 5.41 Å². The second-order valence-corrected chi connectivity index (χ2v) is 7.63. The van der Waals surface area contributed by atoms with Crippen LogP contribution in [0.25, 0.3) is 0 Å². The normalized spacial score (nSPS) is 16.3. The molecule has 0 spiro atoms. The molecular weight excluding hydrogens is 338 g/mol. The molecule has 1 fully saturated rings. The second kappa shape index (κ2) is 8.26. The molecule has 146 valence electrons. The van der Waals surface area contributed by atoms with Crippen molar-refractivity contribution in [3.63, 3.8) is 0 Å². The number of aliphatic hydroxyl groups is 1. The van der Waals surface area contributed by atoms with Crippen LogP contribution >= 0.6 is 0 Å². The van der Waals surface area contributed by atoms with Gasteiger partial charge in [0.1, 0.15) is 0 Å². The van der Waals surface area contributed by atoms with E-state index in [4.69, 9.17) is 0 Å². The van der Waals surface area contributed by atoms with E-state index in [0.29, 0.717) is 18.2 Å². The smallest absolute Gasteiger partial charge is 0.254 e. The molecule has 1 heterocycles.